The summed E-state index contributed by atoms with van der Waals surface area (Å²) >= 11 is 5.45. The van der Waals surface area contributed by atoms with E-state index in [-0.39, 0.29) is 5.15 Å². The van der Waals surface area contributed by atoms with Crippen molar-refractivity contribution in [1.29, 1.82) is 0 Å². The van der Waals surface area contributed by atoms with E-state index in [1.165, 1.54) is 0 Å². The Morgan fingerprint density at radius 2 is 2.21 bits per heavy atom. The van der Waals surface area contributed by atoms with Crippen LogP contribution in [0.1, 0.15) is 17.4 Å². The zero-order chi connectivity index (χ0) is 10.7. The molecule has 2 N–H and O–H groups in total. The lowest BCUT2D eigenvalue weighted by Gasteiger charge is -1.98. The van der Waals surface area contributed by atoms with Crippen molar-refractivity contribution in [3.63, 3.8) is 0 Å². The summed E-state index contributed by atoms with van der Waals surface area (Å²) in [7, 11) is 0. The minimum atomic E-state index is -0.874. The third kappa shape index (κ3) is 2.40. The van der Waals surface area contributed by atoms with Crippen molar-refractivity contribution in [1.82, 2.24) is 15.3 Å². The molecule has 7 heteroatoms. The zero-order valence-electron chi connectivity index (χ0n) is 7.13. The third-order valence-electron chi connectivity index (χ3n) is 1.26. The molecule has 6 nitrogen and oxygen atoms in total. The van der Waals surface area contributed by atoms with Gasteiger partial charge in [-0.1, -0.05) is 11.6 Å². The van der Waals surface area contributed by atoms with E-state index in [9.17, 15) is 14.4 Å². The summed E-state index contributed by atoms with van der Waals surface area (Å²) in [6.07, 6.45) is 1.15. The number of nitrogens with one attached hydrogen (secondary N) is 2. The Morgan fingerprint density at radius 3 is 2.79 bits per heavy atom. The van der Waals surface area contributed by atoms with Crippen molar-refractivity contribution in [2.75, 3.05) is 0 Å². The van der Waals surface area contributed by atoms with E-state index < -0.39 is 23.1 Å². The summed E-state index contributed by atoms with van der Waals surface area (Å²) in [4.78, 5) is 38.4. The van der Waals surface area contributed by atoms with Gasteiger partial charge in [0.2, 0.25) is 5.91 Å². The fourth-order valence-corrected chi connectivity index (χ4v) is 0.895. The first-order valence-corrected chi connectivity index (χ1v) is 3.95. The topological polar surface area (TPSA) is 91.9 Å². The van der Waals surface area contributed by atoms with E-state index >= 15 is 0 Å². The maximum Gasteiger partial charge on any atom is 0.282 e. The van der Waals surface area contributed by atoms with Crippen molar-refractivity contribution in [2.45, 2.75) is 6.92 Å². The molecular weight excluding hydrogens is 210 g/mol. The minimum absolute atomic E-state index is 0.0293. The molecule has 1 aromatic heterocycles. The van der Waals surface area contributed by atoms with Crippen LogP contribution < -0.4 is 10.9 Å². The number of aromatic nitrogens is 2. The predicted molar refractivity (Wildman–Crippen MR) is 48.0 cm³/mol. The summed E-state index contributed by atoms with van der Waals surface area (Å²) in [5.41, 5.74) is -1.14. The molecule has 1 heterocycles. The van der Waals surface area contributed by atoms with Gasteiger partial charge in [-0.3, -0.25) is 19.7 Å². The molecule has 0 atom stereocenters. The average molecular weight is 216 g/mol. The molecule has 0 aliphatic carbocycles. The second-order valence-electron chi connectivity index (χ2n) is 2.41. The molecule has 0 aliphatic rings. The van der Waals surface area contributed by atoms with Crippen molar-refractivity contribution in [3.05, 3.63) is 27.4 Å². The first-order valence-electron chi connectivity index (χ1n) is 3.58. The predicted octanol–water partition coefficient (Wildman–Crippen LogP) is -0.300. The number of carbonyl (C=O) groups excluding carboxylic acids is 2. The van der Waals surface area contributed by atoms with E-state index in [1.807, 2.05) is 5.32 Å². The molecule has 1 aromatic rings. The summed E-state index contributed by atoms with van der Waals surface area (Å²) in [6.45, 7) is 1.15. The van der Waals surface area contributed by atoms with Crippen LogP contribution in [0.4, 0.5) is 0 Å². The molecule has 14 heavy (non-hydrogen) atoms. The lowest BCUT2D eigenvalue weighted by Crippen LogP contribution is -2.33. The Labute approximate surface area is 83.3 Å². The van der Waals surface area contributed by atoms with Crippen LogP contribution in [0.15, 0.2) is 11.0 Å². The van der Waals surface area contributed by atoms with Gasteiger partial charge in [0.1, 0.15) is 5.15 Å². The van der Waals surface area contributed by atoms with Crippen LogP contribution in [0, 0.1) is 0 Å². The molecule has 0 aliphatic heterocycles. The fraction of sp³-hybridized carbons (Fsp3) is 0.143. The van der Waals surface area contributed by atoms with E-state index in [4.69, 9.17) is 11.6 Å². The number of carbonyl (C=O) groups is 2. The molecule has 0 aromatic carbocycles. The van der Waals surface area contributed by atoms with Crippen molar-refractivity contribution in [2.24, 2.45) is 0 Å². The molecule has 2 amide bonds. The maximum atomic E-state index is 11.2. The van der Waals surface area contributed by atoms with Gasteiger partial charge in [-0.05, 0) is 0 Å². The molecule has 74 valence electrons. The fourth-order valence-electron chi connectivity index (χ4n) is 0.756. The van der Waals surface area contributed by atoms with Gasteiger partial charge < -0.3 is 4.98 Å². The van der Waals surface area contributed by atoms with E-state index in [2.05, 4.69) is 9.97 Å². The molecule has 0 unspecified atom stereocenters. The Balaban J connectivity index is 3.06. The van der Waals surface area contributed by atoms with Gasteiger partial charge in [-0.2, -0.15) is 0 Å². The summed E-state index contributed by atoms with van der Waals surface area (Å²) in [5.74, 6) is -1.45. The Morgan fingerprint density at radius 1 is 1.57 bits per heavy atom. The highest BCUT2D eigenvalue weighted by molar-refractivity contribution is 6.29. The quantitative estimate of drug-likeness (QED) is 0.673. The lowest BCUT2D eigenvalue weighted by molar-refractivity contribution is -0.118. The number of rotatable bonds is 1. The molecule has 0 spiro atoms. The zero-order valence-corrected chi connectivity index (χ0v) is 7.88. The van der Waals surface area contributed by atoms with E-state index in [0.717, 1.165) is 13.1 Å². The molecule has 0 fully saturated rings. The Bertz CT molecular complexity index is 440. The van der Waals surface area contributed by atoms with E-state index in [0.29, 0.717) is 0 Å². The number of aromatic amines is 1. The number of amides is 2. The maximum absolute atomic E-state index is 11.2. The van der Waals surface area contributed by atoms with Gasteiger partial charge in [-0.15, -0.1) is 0 Å². The minimum Gasteiger partial charge on any atom is -0.324 e. The Hall–Kier alpha value is -1.69. The lowest BCUT2D eigenvalue weighted by atomic mass is 10.4. The molecule has 0 saturated heterocycles. The van der Waals surface area contributed by atoms with Crippen molar-refractivity contribution >= 4 is 23.4 Å². The first-order chi connectivity index (χ1) is 6.50. The molecular formula is C7H6ClN3O3. The number of imide groups is 1. The van der Waals surface area contributed by atoms with Crippen LogP contribution in [0.2, 0.25) is 5.15 Å². The van der Waals surface area contributed by atoms with Crippen LogP contribution in [0.5, 0.6) is 0 Å². The highest BCUT2D eigenvalue weighted by Crippen LogP contribution is 1.98. The van der Waals surface area contributed by atoms with Gasteiger partial charge >= 0.3 is 0 Å². The monoisotopic (exact) mass is 215 g/mol. The van der Waals surface area contributed by atoms with Gasteiger partial charge in [0, 0.05) is 13.1 Å². The number of hydrogen-bond donors (Lipinski definition) is 2. The molecule has 0 saturated carbocycles. The molecule has 0 radical (unpaired) electrons. The normalized spacial score (nSPS) is 9.57. The second-order valence-corrected chi connectivity index (χ2v) is 2.80. The summed E-state index contributed by atoms with van der Waals surface area (Å²) in [6, 6.07) is 0. The SMILES string of the molecule is CC(=O)NC(=O)c1nc(Cl)c[nH]c1=O. The number of nitrogens with zero attached hydrogens (tertiary/aromatic N) is 1. The van der Waals surface area contributed by atoms with Crippen molar-refractivity contribution in [3.8, 4) is 0 Å². The number of hydrogen-bond acceptors (Lipinski definition) is 4. The molecule has 0 bridgehead atoms. The van der Waals surface area contributed by atoms with E-state index in [1.54, 1.807) is 0 Å². The van der Waals surface area contributed by atoms with Crippen LogP contribution in [0.25, 0.3) is 0 Å². The van der Waals surface area contributed by atoms with Crippen LogP contribution in [0.3, 0.4) is 0 Å². The van der Waals surface area contributed by atoms with Gasteiger partial charge in [0.15, 0.2) is 5.69 Å². The third-order valence-corrected chi connectivity index (χ3v) is 1.45. The van der Waals surface area contributed by atoms with Crippen LogP contribution in [-0.4, -0.2) is 21.8 Å². The first kappa shape index (κ1) is 10.4. The largest absolute Gasteiger partial charge is 0.324 e. The standard InChI is InChI=1S/C7H6ClN3O3/c1-3(12)10-7(14)5-6(13)9-2-4(8)11-5/h2H,1H3,(H,9,13)(H,10,12,14). The molecule has 1 rings (SSSR count). The van der Waals surface area contributed by atoms with Crippen LogP contribution >= 0.6 is 11.6 Å². The smallest absolute Gasteiger partial charge is 0.282 e. The highest BCUT2D eigenvalue weighted by atomic mass is 35.5. The summed E-state index contributed by atoms with van der Waals surface area (Å²) < 4.78 is 0. The van der Waals surface area contributed by atoms with Gasteiger partial charge in [-0.25, -0.2) is 4.98 Å². The number of halogens is 1. The second kappa shape index (κ2) is 4.01. The van der Waals surface area contributed by atoms with Crippen LogP contribution in [-0.2, 0) is 4.79 Å². The van der Waals surface area contributed by atoms with Crippen molar-refractivity contribution < 1.29 is 9.59 Å². The highest BCUT2D eigenvalue weighted by Gasteiger charge is 2.13. The van der Waals surface area contributed by atoms with Gasteiger partial charge in [0.25, 0.3) is 11.5 Å². The van der Waals surface area contributed by atoms with Gasteiger partial charge in [0.05, 0.1) is 0 Å². The number of H-pyrrole nitrogens is 1. The summed E-state index contributed by atoms with van der Waals surface area (Å²) in [5, 5.41) is 1.88. The Kier molecular flexibility index (Phi) is 2.98. The average Bonchev–Trinajstić information content (AvgIpc) is 2.08.